The lowest BCUT2D eigenvalue weighted by Crippen LogP contribution is -2.55. The molecule has 1 aromatic heterocycles. The zero-order chi connectivity index (χ0) is 51.3. The molecular formula is C66H87BN2OSi. The Morgan fingerprint density at radius 2 is 1.32 bits per heavy atom. The van der Waals surface area contributed by atoms with Crippen molar-refractivity contribution in [2.75, 3.05) is 9.80 Å². The van der Waals surface area contributed by atoms with Crippen LogP contribution in [-0.2, 0) is 21.7 Å². The van der Waals surface area contributed by atoms with E-state index in [0.717, 1.165) is 49.8 Å². The summed E-state index contributed by atoms with van der Waals surface area (Å²) in [5, 5.41) is 2.72. The summed E-state index contributed by atoms with van der Waals surface area (Å²) in [6, 6.07) is 27.2. The molecule has 2 aliphatic carbocycles. The van der Waals surface area contributed by atoms with Crippen LogP contribution in [0.15, 0.2) is 118 Å². The predicted octanol–water partition coefficient (Wildman–Crippen LogP) is 17.6. The van der Waals surface area contributed by atoms with Gasteiger partial charge in [-0.2, -0.15) is 0 Å². The highest BCUT2D eigenvalue weighted by molar-refractivity contribution is 6.95. The number of nitrogens with zero attached hydrogens (tertiary/aromatic N) is 2. The first kappa shape index (κ1) is 51.2. The number of allylic oxidation sites excluding steroid dienone is 7. The third-order valence-electron chi connectivity index (χ3n) is 17.9. The second-order valence-electron chi connectivity index (χ2n) is 26.4. The van der Waals surface area contributed by atoms with Crippen LogP contribution in [0.4, 0.5) is 22.7 Å². The summed E-state index contributed by atoms with van der Waals surface area (Å²) in [5.74, 6) is 1.02. The van der Waals surface area contributed by atoms with Crippen molar-refractivity contribution in [3.63, 3.8) is 0 Å². The molecule has 0 amide bonds. The van der Waals surface area contributed by atoms with E-state index in [9.17, 15) is 0 Å². The zero-order valence-electron chi connectivity index (χ0n) is 47.4. The predicted molar refractivity (Wildman–Crippen MR) is 315 cm³/mol. The summed E-state index contributed by atoms with van der Waals surface area (Å²) < 4.78 is 7.67. The van der Waals surface area contributed by atoms with E-state index >= 15 is 0 Å². The van der Waals surface area contributed by atoms with Gasteiger partial charge in [0.2, 0.25) is 0 Å². The van der Waals surface area contributed by atoms with Crippen LogP contribution in [-0.4, -0.2) is 14.8 Å². The van der Waals surface area contributed by atoms with Crippen LogP contribution in [0.3, 0.4) is 0 Å². The minimum atomic E-state index is -1.53. The van der Waals surface area contributed by atoms with Crippen LogP contribution in [0.2, 0.25) is 19.6 Å². The molecule has 3 nitrogen and oxygen atoms in total. The van der Waals surface area contributed by atoms with Gasteiger partial charge in [0.25, 0.3) is 6.71 Å². The average molecular weight is 963 g/mol. The largest absolute Gasteiger partial charge is 0.468 e. The number of fused-ring (bicyclic) bond motifs is 6. The van der Waals surface area contributed by atoms with Crippen LogP contribution in [0.1, 0.15) is 177 Å². The zero-order valence-corrected chi connectivity index (χ0v) is 48.4. The Kier molecular flexibility index (Phi) is 13.2. The van der Waals surface area contributed by atoms with Gasteiger partial charge in [-0.3, -0.25) is 0 Å². The molecule has 0 radical (unpaired) electrons. The van der Waals surface area contributed by atoms with E-state index < -0.39 is 8.07 Å². The lowest BCUT2D eigenvalue weighted by molar-refractivity contribution is 0.332. The topological polar surface area (TPSA) is 19.6 Å². The number of rotatable bonds is 12. The van der Waals surface area contributed by atoms with Gasteiger partial charge in [0.15, 0.2) is 0 Å². The summed E-state index contributed by atoms with van der Waals surface area (Å²) in [4.78, 5) is 5.29. The average Bonchev–Trinajstić information content (AvgIpc) is 3.69. The van der Waals surface area contributed by atoms with Crippen LogP contribution >= 0.6 is 0 Å². The summed E-state index contributed by atoms with van der Waals surface area (Å²) in [6.07, 6.45) is 18.7. The molecule has 4 aliphatic rings. The van der Waals surface area contributed by atoms with Crippen LogP contribution < -0.4 is 26.1 Å². The Bertz CT molecular complexity index is 3010. The third kappa shape index (κ3) is 8.80. The van der Waals surface area contributed by atoms with Crippen LogP contribution in [0.25, 0.3) is 22.1 Å². The summed E-state index contributed by atoms with van der Waals surface area (Å²) >= 11 is 0. The van der Waals surface area contributed by atoms with Crippen molar-refractivity contribution in [1.82, 2.24) is 0 Å². The molecule has 4 aromatic carbocycles. The Morgan fingerprint density at radius 3 is 1.89 bits per heavy atom. The minimum absolute atomic E-state index is 0.0326. The Hall–Kier alpha value is -4.74. The highest BCUT2D eigenvalue weighted by Gasteiger charge is 2.49. The first-order valence-corrected chi connectivity index (χ1v) is 31.2. The molecule has 0 spiro atoms. The van der Waals surface area contributed by atoms with Gasteiger partial charge in [-0.25, -0.2) is 0 Å². The molecule has 3 heterocycles. The molecule has 71 heavy (non-hydrogen) atoms. The maximum Gasteiger partial charge on any atom is 0.296 e. The van der Waals surface area contributed by atoms with Gasteiger partial charge in [-0.15, -0.1) is 0 Å². The summed E-state index contributed by atoms with van der Waals surface area (Å²) in [5.41, 5.74) is 22.4. The number of anilines is 4. The molecule has 0 bridgehead atoms. The normalized spacial score (nSPS) is 19.6. The van der Waals surface area contributed by atoms with Gasteiger partial charge in [0.1, 0.15) is 5.58 Å². The highest BCUT2D eigenvalue weighted by atomic mass is 28.3. The third-order valence-corrected chi connectivity index (χ3v) is 20.0. The van der Waals surface area contributed by atoms with Gasteiger partial charge in [-0.05, 0) is 174 Å². The van der Waals surface area contributed by atoms with Gasteiger partial charge in [0, 0.05) is 33.7 Å². The number of furan rings is 1. The van der Waals surface area contributed by atoms with E-state index in [-0.39, 0.29) is 28.4 Å². The number of hydrogen-bond acceptors (Lipinski definition) is 3. The van der Waals surface area contributed by atoms with E-state index in [1.165, 1.54) is 107 Å². The van der Waals surface area contributed by atoms with Crippen molar-refractivity contribution in [3.05, 3.63) is 136 Å². The molecule has 2 aliphatic heterocycles. The van der Waals surface area contributed by atoms with Crippen molar-refractivity contribution >= 4 is 64.8 Å². The van der Waals surface area contributed by atoms with E-state index in [1.807, 2.05) is 0 Å². The van der Waals surface area contributed by atoms with Crippen molar-refractivity contribution < 1.29 is 4.42 Å². The first-order chi connectivity index (χ1) is 33.3. The van der Waals surface area contributed by atoms with E-state index in [1.54, 1.807) is 0 Å². The maximum absolute atomic E-state index is 7.67. The molecule has 9 rings (SSSR count). The summed E-state index contributed by atoms with van der Waals surface area (Å²) in [6.45, 7) is 43.4. The summed E-state index contributed by atoms with van der Waals surface area (Å²) in [7, 11) is -1.53. The fraction of sp³-hybridized carbons (Fsp3) is 0.485. The standard InChI is InChI=1S/C66H87BN2OSi/c1-19-24-46(43(6)20-2)37-55-44(7)68(58-40-53-51(63(8,9)33-35-65(53,12)13)38-49(58)45-29-31-48(32-30-45)71(16,17)18)56-27-23-28-57-60(56)67(55)62-61(69(57)47(21-3)26-22-25-42(4)5)50-39-52-54(41-59(50)70-62)66(14,15)36-34-64(52,10)11/h21-23,26-32,37-43H,19-20,24-25,33-36H2,1-18H3/b26-22-,46-37+,47-21+. The van der Waals surface area contributed by atoms with Gasteiger partial charge in [-0.1, -0.05) is 175 Å². The van der Waals surface area contributed by atoms with Crippen molar-refractivity contribution in [3.8, 4) is 11.1 Å². The Labute approximate surface area is 432 Å². The Balaban J connectivity index is 1.42. The molecule has 374 valence electrons. The lowest BCUT2D eigenvalue weighted by atomic mass is 9.34. The van der Waals surface area contributed by atoms with Crippen LogP contribution in [0, 0.1) is 11.8 Å². The van der Waals surface area contributed by atoms with Crippen molar-refractivity contribution in [1.29, 1.82) is 0 Å². The molecule has 1 unspecified atom stereocenters. The molecule has 5 aromatic rings. The maximum atomic E-state index is 7.67. The molecule has 0 fully saturated rings. The quantitative estimate of drug-likeness (QED) is 0.0918. The molecule has 0 saturated heterocycles. The second kappa shape index (κ2) is 18.3. The highest BCUT2D eigenvalue weighted by Crippen LogP contribution is 2.54. The Morgan fingerprint density at radius 1 is 0.746 bits per heavy atom. The van der Waals surface area contributed by atoms with Crippen molar-refractivity contribution in [2.45, 2.75) is 197 Å². The second-order valence-corrected chi connectivity index (χ2v) is 31.4. The van der Waals surface area contributed by atoms with Crippen LogP contribution in [0.5, 0.6) is 0 Å². The monoisotopic (exact) mass is 963 g/mol. The molecule has 0 saturated carbocycles. The van der Waals surface area contributed by atoms with Crippen molar-refractivity contribution in [2.24, 2.45) is 11.8 Å². The fourth-order valence-corrected chi connectivity index (χ4v) is 14.0. The van der Waals surface area contributed by atoms with E-state index in [4.69, 9.17) is 4.42 Å². The van der Waals surface area contributed by atoms with Gasteiger partial charge < -0.3 is 14.2 Å². The van der Waals surface area contributed by atoms with Gasteiger partial charge >= 0.3 is 0 Å². The molecular weight excluding hydrogens is 876 g/mol. The SMILES string of the molecule is C/C=C(\C=C/CC(C)C)N1c2cccc3c2B(C(/C=C(\CCC)C(C)CC)=C(C)N3c2cc3c(cc2-c2ccc([Si](C)(C)C)cc2)C(C)(C)CCC3(C)C)c2oc3cc4c(cc3c21)C(C)(C)CCC4(C)C. The van der Waals surface area contributed by atoms with E-state index in [2.05, 4.69) is 224 Å². The smallest absolute Gasteiger partial charge is 0.296 e. The number of benzene rings is 4. The van der Waals surface area contributed by atoms with Gasteiger partial charge in [0.05, 0.1) is 25.1 Å². The minimum Gasteiger partial charge on any atom is -0.468 e. The molecule has 1 atom stereocenters. The van der Waals surface area contributed by atoms with E-state index in [0.29, 0.717) is 11.8 Å². The lowest BCUT2D eigenvalue weighted by Gasteiger charge is -2.45. The number of hydrogen-bond donors (Lipinski definition) is 0. The molecule has 0 N–H and O–H groups in total. The fourth-order valence-electron chi connectivity index (χ4n) is 12.8. The molecule has 5 heteroatoms. The first-order valence-electron chi connectivity index (χ1n) is 27.7.